The van der Waals surface area contributed by atoms with Gasteiger partial charge in [0.05, 0.1) is 18.9 Å². The van der Waals surface area contributed by atoms with E-state index in [1.165, 1.54) is 11.3 Å². The minimum absolute atomic E-state index is 0.0872. The van der Waals surface area contributed by atoms with E-state index in [2.05, 4.69) is 20.5 Å². The van der Waals surface area contributed by atoms with Gasteiger partial charge in [0.1, 0.15) is 11.3 Å². The van der Waals surface area contributed by atoms with Gasteiger partial charge in [-0.1, -0.05) is 13.0 Å². The van der Waals surface area contributed by atoms with Crippen molar-refractivity contribution in [3.05, 3.63) is 45.9 Å². The molecule has 2 aromatic rings. The highest BCUT2D eigenvalue weighted by atomic mass is 32.1. The average molecular weight is 574 g/mol. The van der Waals surface area contributed by atoms with Gasteiger partial charge in [-0.25, -0.2) is 9.59 Å². The standard InChI is InChI=1S/C29H43N5O5S/c1-5-10-30-27(36)34(12-7-6-11-33-13-15-38-16-14-33)19-22-8-9-24(31-18-22)26(35)17-23-20-40-21-25(23)32-28(37)39-29(2,3)4/h8-9,18,20-21H,5-7,10-17,19H2,1-4H3,(H,30,36)(H,32,37). The van der Waals surface area contributed by atoms with Crippen LogP contribution in [0.4, 0.5) is 15.3 Å². The summed E-state index contributed by atoms with van der Waals surface area (Å²) in [6.07, 6.45) is 3.99. The number of pyridine rings is 1. The molecule has 0 aromatic carbocycles. The van der Waals surface area contributed by atoms with Gasteiger partial charge in [0.25, 0.3) is 0 Å². The topological polar surface area (TPSA) is 113 Å². The highest BCUT2D eigenvalue weighted by Crippen LogP contribution is 2.23. The first-order chi connectivity index (χ1) is 19.1. The molecule has 2 N–H and O–H groups in total. The van der Waals surface area contributed by atoms with Gasteiger partial charge >= 0.3 is 12.1 Å². The Hall–Kier alpha value is -3.02. The van der Waals surface area contributed by atoms with Crippen molar-refractivity contribution in [2.45, 2.75) is 65.5 Å². The van der Waals surface area contributed by atoms with Crippen molar-refractivity contribution in [1.29, 1.82) is 0 Å². The van der Waals surface area contributed by atoms with E-state index in [9.17, 15) is 14.4 Å². The van der Waals surface area contributed by atoms with Gasteiger partial charge in [-0.2, -0.15) is 0 Å². The third-order valence-electron chi connectivity index (χ3n) is 6.28. The van der Waals surface area contributed by atoms with E-state index in [0.717, 1.165) is 57.7 Å². The lowest BCUT2D eigenvalue weighted by Gasteiger charge is -2.27. The first-order valence-electron chi connectivity index (χ1n) is 14.0. The molecule has 0 unspecified atom stereocenters. The first-order valence-corrected chi connectivity index (χ1v) is 14.9. The second-order valence-corrected chi connectivity index (χ2v) is 11.6. The number of carbonyl (C=O) groups is 3. The second-order valence-electron chi connectivity index (χ2n) is 10.9. The highest BCUT2D eigenvalue weighted by Gasteiger charge is 2.20. The van der Waals surface area contributed by atoms with Crippen LogP contribution in [-0.2, 0) is 22.4 Å². The van der Waals surface area contributed by atoms with Crippen LogP contribution in [0.1, 0.15) is 68.6 Å². The number of ether oxygens (including phenoxy) is 2. The predicted octanol–water partition coefficient (Wildman–Crippen LogP) is 4.95. The summed E-state index contributed by atoms with van der Waals surface area (Å²) >= 11 is 1.40. The molecule has 0 atom stereocenters. The maximum absolute atomic E-state index is 13.0. The largest absolute Gasteiger partial charge is 0.444 e. The molecule has 0 aliphatic carbocycles. The number of hydrogen-bond acceptors (Lipinski definition) is 8. The number of Topliss-reactive ketones (excluding diaryl/α,β-unsaturated/α-hetero) is 1. The molecule has 1 fully saturated rings. The number of morpholine rings is 1. The summed E-state index contributed by atoms with van der Waals surface area (Å²) in [6, 6.07) is 3.46. The Kier molecular flexibility index (Phi) is 12.4. The van der Waals surface area contributed by atoms with Crippen LogP contribution in [0.3, 0.4) is 0 Å². The molecule has 2 aromatic heterocycles. The lowest BCUT2D eigenvalue weighted by Crippen LogP contribution is -2.41. The zero-order valence-corrected chi connectivity index (χ0v) is 25.0. The van der Waals surface area contributed by atoms with Crippen LogP contribution < -0.4 is 10.6 Å². The number of thiophene rings is 1. The molecule has 0 saturated carbocycles. The van der Waals surface area contributed by atoms with E-state index in [4.69, 9.17) is 9.47 Å². The summed E-state index contributed by atoms with van der Waals surface area (Å²) in [7, 11) is 0. The van der Waals surface area contributed by atoms with Gasteiger partial charge in [-0.15, -0.1) is 11.3 Å². The van der Waals surface area contributed by atoms with E-state index in [-0.39, 0.29) is 18.2 Å². The van der Waals surface area contributed by atoms with Crippen LogP contribution >= 0.6 is 11.3 Å². The third-order valence-corrected chi connectivity index (χ3v) is 7.07. The van der Waals surface area contributed by atoms with Gasteiger partial charge in [-0.3, -0.25) is 20.0 Å². The second kappa shape index (κ2) is 15.7. The number of hydrogen-bond donors (Lipinski definition) is 2. The smallest absolute Gasteiger partial charge is 0.412 e. The molecule has 3 rings (SSSR count). The van der Waals surface area contributed by atoms with Gasteiger partial charge in [0.15, 0.2) is 5.78 Å². The third kappa shape index (κ3) is 10.9. The summed E-state index contributed by atoms with van der Waals surface area (Å²) in [6.45, 7) is 13.6. The number of nitrogens with zero attached hydrogens (tertiary/aromatic N) is 3. The Balaban J connectivity index is 1.55. The molecule has 11 heteroatoms. The van der Waals surface area contributed by atoms with Crippen LogP contribution in [0.25, 0.3) is 0 Å². The lowest BCUT2D eigenvalue weighted by atomic mass is 10.1. The maximum Gasteiger partial charge on any atom is 0.412 e. The van der Waals surface area contributed by atoms with E-state index < -0.39 is 11.7 Å². The maximum atomic E-state index is 13.0. The SMILES string of the molecule is CCCNC(=O)N(CCCCN1CCOCC1)Cc1ccc(C(=O)Cc2cscc2NC(=O)OC(C)(C)C)nc1. The van der Waals surface area contributed by atoms with Crippen molar-refractivity contribution in [1.82, 2.24) is 20.1 Å². The minimum atomic E-state index is -0.614. The molecule has 0 spiro atoms. The molecule has 220 valence electrons. The summed E-state index contributed by atoms with van der Waals surface area (Å²) in [5, 5.41) is 9.32. The van der Waals surface area contributed by atoms with Crippen molar-refractivity contribution in [3.8, 4) is 0 Å². The molecule has 1 saturated heterocycles. The van der Waals surface area contributed by atoms with Crippen LogP contribution in [0.15, 0.2) is 29.1 Å². The molecule has 3 amide bonds. The first kappa shape index (κ1) is 31.5. The fraction of sp³-hybridized carbons (Fsp3) is 0.586. The lowest BCUT2D eigenvalue weighted by molar-refractivity contribution is 0.0369. The highest BCUT2D eigenvalue weighted by molar-refractivity contribution is 7.08. The van der Waals surface area contributed by atoms with Gasteiger partial charge < -0.3 is 19.7 Å². The van der Waals surface area contributed by atoms with Crippen LogP contribution in [-0.4, -0.2) is 84.2 Å². The van der Waals surface area contributed by atoms with E-state index in [0.29, 0.717) is 36.6 Å². The Morgan fingerprint density at radius 2 is 1.93 bits per heavy atom. The van der Waals surface area contributed by atoms with Gasteiger partial charge in [0.2, 0.25) is 0 Å². The quantitative estimate of drug-likeness (QED) is 0.258. The van der Waals surface area contributed by atoms with E-state index in [1.54, 1.807) is 38.4 Å². The van der Waals surface area contributed by atoms with Crippen LogP contribution in [0, 0.1) is 0 Å². The van der Waals surface area contributed by atoms with Crippen LogP contribution in [0.5, 0.6) is 0 Å². The summed E-state index contributed by atoms with van der Waals surface area (Å²) in [4.78, 5) is 46.5. The molecule has 0 radical (unpaired) electrons. The summed E-state index contributed by atoms with van der Waals surface area (Å²) in [5.41, 5.74) is 1.86. The molecule has 1 aliphatic rings. The molecule has 3 heterocycles. The number of unbranched alkanes of at least 4 members (excludes halogenated alkanes) is 1. The number of anilines is 1. The van der Waals surface area contributed by atoms with Crippen LogP contribution in [0.2, 0.25) is 0 Å². The van der Waals surface area contributed by atoms with E-state index in [1.807, 2.05) is 23.3 Å². The summed E-state index contributed by atoms with van der Waals surface area (Å²) in [5.74, 6) is -0.155. The number of urea groups is 1. The zero-order chi connectivity index (χ0) is 29.0. The molecule has 0 bridgehead atoms. The Labute approximate surface area is 241 Å². The number of ketones is 1. The van der Waals surface area contributed by atoms with E-state index >= 15 is 0 Å². The average Bonchev–Trinajstić information content (AvgIpc) is 3.34. The fourth-order valence-electron chi connectivity index (χ4n) is 4.21. The summed E-state index contributed by atoms with van der Waals surface area (Å²) < 4.78 is 10.7. The normalized spacial score (nSPS) is 14.0. The molecule has 10 nitrogen and oxygen atoms in total. The molecular formula is C29H43N5O5S. The number of amides is 3. The molecule has 1 aliphatic heterocycles. The fourth-order valence-corrected chi connectivity index (χ4v) is 5.00. The monoisotopic (exact) mass is 573 g/mol. The van der Waals surface area contributed by atoms with Crippen molar-refractivity contribution in [2.24, 2.45) is 0 Å². The Morgan fingerprint density at radius 3 is 2.60 bits per heavy atom. The Morgan fingerprint density at radius 1 is 1.15 bits per heavy atom. The number of aromatic nitrogens is 1. The van der Waals surface area contributed by atoms with Crippen molar-refractivity contribution in [2.75, 3.05) is 51.3 Å². The van der Waals surface area contributed by atoms with Crippen molar-refractivity contribution >= 4 is 34.9 Å². The van der Waals surface area contributed by atoms with Crippen molar-refractivity contribution < 1.29 is 23.9 Å². The Bertz CT molecular complexity index is 1090. The predicted molar refractivity (Wildman–Crippen MR) is 157 cm³/mol. The minimum Gasteiger partial charge on any atom is -0.444 e. The number of rotatable bonds is 13. The van der Waals surface area contributed by atoms with Crippen molar-refractivity contribution in [3.63, 3.8) is 0 Å². The number of nitrogens with one attached hydrogen (secondary N) is 2. The zero-order valence-electron chi connectivity index (χ0n) is 24.2. The van der Waals surface area contributed by atoms with Gasteiger partial charge in [-0.05, 0) is 69.2 Å². The van der Waals surface area contributed by atoms with Gasteiger partial charge in [0, 0.05) is 50.7 Å². The molecule has 40 heavy (non-hydrogen) atoms. The molecular weight excluding hydrogens is 530 g/mol. The number of carbonyl (C=O) groups excluding carboxylic acids is 3.